The van der Waals surface area contributed by atoms with E-state index in [9.17, 15) is 9.59 Å². The van der Waals surface area contributed by atoms with Gasteiger partial charge < -0.3 is 18.9 Å². The van der Waals surface area contributed by atoms with Gasteiger partial charge in [0.15, 0.2) is 0 Å². The van der Waals surface area contributed by atoms with E-state index in [1.54, 1.807) is 48.5 Å². The molecule has 7 aromatic rings. The molecule has 1 saturated heterocycles. The van der Waals surface area contributed by atoms with Crippen LogP contribution in [0.3, 0.4) is 0 Å². The van der Waals surface area contributed by atoms with E-state index >= 15 is 0 Å². The average molecular weight is 657 g/mol. The van der Waals surface area contributed by atoms with Crippen LogP contribution in [0.5, 0.6) is 17.2 Å². The maximum absolute atomic E-state index is 13.5. The molecule has 1 aliphatic heterocycles. The molecule has 0 saturated carbocycles. The largest absolute Gasteiger partial charge is 0.493 e. The predicted octanol–water partition coefficient (Wildman–Crippen LogP) is 9.93. The van der Waals surface area contributed by atoms with Crippen LogP contribution in [0.2, 0.25) is 0 Å². The number of hydrogen-bond acceptors (Lipinski definition) is 6. The zero-order chi connectivity index (χ0) is 33.9. The summed E-state index contributed by atoms with van der Waals surface area (Å²) in [5.41, 5.74) is 4.57. The van der Waals surface area contributed by atoms with E-state index < -0.39 is 11.9 Å². The Morgan fingerprint density at radius 1 is 0.560 bits per heavy atom. The van der Waals surface area contributed by atoms with Crippen molar-refractivity contribution < 1.29 is 28.5 Å². The normalized spacial score (nSPS) is 13.6. The van der Waals surface area contributed by atoms with Gasteiger partial charge in [-0.25, -0.2) is 9.59 Å². The summed E-state index contributed by atoms with van der Waals surface area (Å²) in [6.45, 7) is 1.38. The summed E-state index contributed by atoms with van der Waals surface area (Å²) >= 11 is 0. The number of hydrogen-bond donors (Lipinski definition) is 0. The van der Waals surface area contributed by atoms with Gasteiger partial charge in [-0.3, -0.25) is 0 Å². The summed E-state index contributed by atoms with van der Waals surface area (Å²) in [5, 5.41) is 4.28. The third-order valence-corrected chi connectivity index (χ3v) is 8.87. The van der Waals surface area contributed by atoms with Crippen molar-refractivity contribution in [2.75, 3.05) is 13.2 Å². The smallest absolute Gasteiger partial charge is 0.343 e. The Labute approximate surface area is 289 Å². The number of carbonyl (C=O) groups is 2. The van der Waals surface area contributed by atoms with Crippen LogP contribution < -0.4 is 14.2 Å². The fourth-order valence-electron chi connectivity index (χ4n) is 6.13. The van der Waals surface area contributed by atoms with Crippen LogP contribution in [-0.4, -0.2) is 31.3 Å². The first-order valence-corrected chi connectivity index (χ1v) is 16.6. The molecule has 6 nitrogen and oxygen atoms in total. The molecule has 0 amide bonds. The van der Waals surface area contributed by atoms with Crippen molar-refractivity contribution >= 4 is 33.5 Å². The number of rotatable bonds is 10. The van der Waals surface area contributed by atoms with Crippen LogP contribution in [0.15, 0.2) is 152 Å². The molecule has 50 heavy (non-hydrogen) atoms. The summed E-state index contributed by atoms with van der Waals surface area (Å²) < 4.78 is 22.6. The van der Waals surface area contributed by atoms with Crippen LogP contribution in [0.4, 0.5) is 0 Å². The number of esters is 2. The summed E-state index contributed by atoms with van der Waals surface area (Å²) in [4.78, 5) is 26.2. The predicted molar refractivity (Wildman–Crippen MR) is 195 cm³/mol. The van der Waals surface area contributed by atoms with Gasteiger partial charge in [-0.1, -0.05) is 97.1 Å². The van der Waals surface area contributed by atoms with Crippen molar-refractivity contribution in [1.29, 1.82) is 0 Å². The van der Waals surface area contributed by atoms with Crippen LogP contribution in [0.25, 0.3) is 43.8 Å². The first-order valence-electron chi connectivity index (χ1n) is 16.6. The minimum absolute atomic E-state index is 0.316. The Kier molecular flexibility index (Phi) is 8.51. The molecule has 1 fully saturated rings. The van der Waals surface area contributed by atoms with Crippen molar-refractivity contribution in [3.05, 3.63) is 163 Å². The fourth-order valence-corrected chi connectivity index (χ4v) is 6.13. The van der Waals surface area contributed by atoms with Crippen molar-refractivity contribution in [2.45, 2.75) is 12.5 Å². The maximum Gasteiger partial charge on any atom is 0.343 e. The highest BCUT2D eigenvalue weighted by atomic mass is 16.6. The molecule has 1 atom stereocenters. The number of fused-ring (bicyclic) bond motifs is 2. The van der Waals surface area contributed by atoms with Gasteiger partial charge in [-0.05, 0) is 92.8 Å². The van der Waals surface area contributed by atoms with E-state index in [2.05, 4.69) is 36.4 Å². The van der Waals surface area contributed by atoms with Crippen LogP contribution >= 0.6 is 0 Å². The Morgan fingerprint density at radius 2 is 1.12 bits per heavy atom. The molecule has 0 radical (unpaired) electrons. The molecule has 8 rings (SSSR count). The van der Waals surface area contributed by atoms with Gasteiger partial charge in [0.1, 0.15) is 17.2 Å². The van der Waals surface area contributed by atoms with E-state index in [0.717, 1.165) is 56.8 Å². The van der Waals surface area contributed by atoms with E-state index in [1.807, 2.05) is 66.7 Å². The number of carbonyl (C=O) groups excluding carboxylic acids is 2. The highest BCUT2D eigenvalue weighted by Crippen LogP contribution is 2.41. The van der Waals surface area contributed by atoms with Crippen molar-refractivity contribution in [3.8, 4) is 39.5 Å². The summed E-state index contributed by atoms with van der Waals surface area (Å²) in [6, 6.07) is 47.8. The molecular weight excluding hydrogens is 624 g/mol. The highest BCUT2D eigenvalue weighted by molar-refractivity contribution is 6.08. The summed E-state index contributed by atoms with van der Waals surface area (Å²) in [7, 11) is 0. The lowest BCUT2D eigenvalue weighted by Gasteiger charge is -2.16. The van der Waals surface area contributed by atoms with Crippen molar-refractivity contribution in [1.82, 2.24) is 0 Å². The topological polar surface area (TPSA) is 74.4 Å². The van der Waals surface area contributed by atoms with E-state index in [0.29, 0.717) is 41.1 Å². The molecule has 244 valence electrons. The lowest BCUT2D eigenvalue weighted by Crippen LogP contribution is -2.09. The zero-order valence-electron chi connectivity index (χ0n) is 27.1. The molecule has 0 aromatic heterocycles. The second kappa shape index (κ2) is 13.7. The van der Waals surface area contributed by atoms with Gasteiger partial charge in [0.2, 0.25) is 0 Å². The van der Waals surface area contributed by atoms with Gasteiger partial charge in [-0.2, -0.15) is 0 Å². The lowest BCUT2D eigenvalue weighted by molar-refractivity contribution is 0.0725. The standard InChI is InChI=1S/C44H32O6/c45-43(34-18-21-35(22-19-34)47-27-26-37-28-48-37)49-36-23-16-30(17-24-36)29-12-14-33(15-13-29)44(46)50-41-25-20-32-7-2-4-10-39(32)42(41)40-11-5-8-31-6-1-3-9-38(31)40/h1-25,37H,26-28H2. The molecule has 1 unspecified atom stereocenters. The molecule has 0 spiro atoms. The second-order valence-corrected chi connectivity index (χ2v) is 12.2. The molecule has 0 N–H and O–H groups in total. The first-order chi connectivity index (χ1) is 24.6. The summed E-state index contributed by atoms with van der Waals surface area (Å²) in [6.07, 6.45) is 1.17. The Morgan fingerprint density at radius 3 is 1.82 bits per heavy atom. The van der Waals surface area contributed by atoms with Gasteiger partial charge in [0, 0.05) is 12.0 Å². The number of epoxide rings is 1. The van der Waals surface area contributed by atoms with Crippen LogP contribution in [0, 0.1) is 0 Å². The number of ether oxygens (including phenoxy) is 4. The SMILES string of the molecule is O=C(Oc1ccc(-c2ccc(C(=O)Oc3ccc4ccccc4c3-c3cccc4ccccc34)cc2)cc1)c1ccc(OCCC2CO2)cc1. The van der Waals surface area contributed by atoms with E-state index in [4.69, 9.17) is 18.9 Å². The van der Waals surface area contributed by atoms with Crippen molar-refractivity contribution in [2.24, 2.45) is 0 Å². The molecule has 1 aliphatic rings. The number of benzene rings is 7. The van der Waals surface area contributed by atoms with Crippen molar-refractivity contribution in [3.63, 3.8) is 0 Å². The lowest BCUT2D eigenvalue weighted by atomic mass is 9.93. The fraction of sp³-hybridized carbons (Fsp3) is 0.0909. The third kappa shape index (κ3) is 6.70. The molecular formula is C44H32O6. The van der Waals surface area contributed by atoms with E-state index in [-0.39, 0.29) is 0 Å². The van der Waals surface area contributed by atoms with Gasteiger partial charge in [0.25, 0.3) is 0 Å². The van der Waals surface area contributed by atoms with Gasteiger partial charge >= 0.3 is 11.9 Å². The molecule has 1 heterocycles. The molecule has 6 heteroatoms. The Balaban J connectivity index is 0.955. The summed E-state index contributed by atoms with van der Waals surface area (Å²) in [5.74, 6) is 0.742. The van der Waals surface area contributed by atoms with Gasteiger partial charge in [0.05, 0.1) is 30.4 Å². The average Bonchev–Trinajstić information content (AvgIpc) is 4.00. The highest BCUT2D eigenvalue weighted by Gasteiger charge is 2.22. The van der Waals surface area contributed by atoms with Crippen LogP contribution in [0.1, 0.15) is 27.1 Å². The molecule has 0 aliphatic carbocycles. The minimum Gasteiger partial charge on any atom is -0.493 e. The molecule has 7 aromatic carbocycles. The second-order valence-electron chi connectivity index (χ2n) is 12.2. The Hall–Kier alpha value is -6.24. The first kappa shape index (κ1) is 31.1. The van der Waals surface area contributed by atoms with Gasteiger partial charge in [-0.15, -0.1) is 0 Å². The Bertz CT molecular complexity index is 2320. The van der Waals surface area contributed by atoms with Crippen LogP contribution in [-0.2, 0) is 4.74 Å². The molecule has 0 bridgehead atoms. The third-order valence-electron chi connectivity index (χ3n) is 8.87. The zero-order valence-corrected chi connectivity index (χ0v) is 27.1. The maximum atomic E-state index is 13.5. The van der Waals surface area contributed by atoms with E-state index in [1.165, 1.54) is 0 Å². The minimum atomic E-state index is -0.450. The monoisotopic (exact) mass is 656 g/mol. The quantitative estimate of drug-likeness (QED) is 0.0829.